The number of piperidine rings is 1. The monoisotopic (exact) mass is 504 g/mol. The summed E-state index contributed by atoms with van der Waals surface area (Å²) in [6.07, 6.45) is 3.83. The SMILES string of the molecule is CCNC(=NCc1ccc(OC)cc1OC)NCCC1CCN(CC)CC1.I. The molecule has 0 aliphatic carbocycles. The van der Waals surface area contributed by atoms with Gasteiger partial charge in [-0.2, -0.15) is 0 Å². The maximum atomic E-state index is 5.46. The minimum Gasteiger partial charge on any atom is -0.497 e. The van der Waals surface area contributed by atoms with Crippen molar-refractivity contribution in [1.82, 2.24) is 15.5 Å². The van der Waals surface area contributed by atoms with E-state index in [4.69, 9.17) is 14.5 Å². The lowest BCUT2D eigenvalue weighted by Gasteiger charge is -2.31. The molecule has 0 saturated carbocycles. The molecule has 1 heterocycles. The standard InChI is InChI=1S/C21H36N4O2.HI/c1-5-22-21(23-12-9-17-10-13-25(6-2)14-11-17)24-16-18-7-8-19(26-3)15-20(18)27-4;/h7-8,15,17H,5-6,9-14,16H2,1-4H3,(H2,22,23,24);1H. The first-order valence-electron chi connectivity index (χ1n) is 10.2. The van der Waals surface area contributed by atoms with Crippen LogP contribution < -0.4 is 20.1 Å². The van der Waals surface area contributed by atoms with E-state index in [-0.39, 0.29) is 24.0 Å². The zero-order chi connectivity index (χ0) is 19.5. The summed E-state index contributed by atoms with van der Waals surface area (Å²) in [4.78, 5) is 7.26. The number of guanidine groups is 1. The first-order chi connectivity index (χ1) is 13.2. The number of aliphatic imine (C=N–C) groups is 1. The number of likely N-dealkylation sites (tertiary alicyclic amines) is 1. The molecule has 0 atom stereocenters. The lowest BCUT2D eigenvalue weighted by Crippen LogP contribution is -2.39. The summed E-state index contributed by atoms with van der Waals surface area (Å²) in [5, 5.41) is 6.82. The van der Waals surface area contributed by atoms with E-state index in [1.807, 2.05) is 18.2 Å². The molecule has 160 valence electrons. The second-order valence-corrected chi connectivity index (χ2v) is 6.97. The third-order valence-corrected chi connectivity index (χ3v) is 5.25. The van der Waals surface area contributed by atoms with Gasteiger partial charge in [-0.05, 0) is 63.9 Å². The van der Waals surface area contributed by atoms with E-state index in [9.17, 15) is 0 Å². The molecular weight excluding hydrogens is 467 g/mol. The Morgan fingerprint density at radius 3 is 2.50 bits per heavy atom. The van der Waals surface area contributed by atoms with E-state index in [1.54, 1.807) is 14.2 Å². The molecule has 2 rings (SSSR count). The van der Waals surface area contributed by atoms with Crippen LogP contribution in [0.25, 0.3) is 0 Å². The predicted octanol–water partition coefficient (Wildman–Crippen LogP) is 3.50. The van der Waals surface area contributed by atoms with Crippen LogP contribution in [0.1, 0.15) is 38.7 Å². The van der Waals surface area contributed by atoms with Gasteiger partial charge in [-0.1, -0.05) is 6.92 Å². The van der Waals surface area contributed by atoms with Crippen molar-refractivity contribution in [2.45, 2.75) is 39.7 Å². The molecule has 0 aromatic heterocycles. The molecule has 0 unspecified atom stereocenters. The van der Waals surface area contributed by atoms with Crippen molar-refractivity contribution in [3.05, 3.63) is 23.8 Å². The minimum atomic E-state index is 0. The van der Waals surface area contributed by atoms with Crippen LogP contribution in [-0.2, 0) is 6.54 Å². The quantitative estimate of drug-likeness (QED) is 0.306. The van der Waals surface area contributed by atoms with Gasteiger partial charge in [0, 0.05) is 24.7 Å². The highest BCUT2D eigenvalue weighted by atomic mass is 127. The van der Waals surface area contributed by atoms with E-state index >= 15 is 0 Å². The molecule has 6 nitrogen and oxygen atoms in total. The third kappa shape index (κ3) is 8.03. The van der Waals surface area contributed by atoms with Crippen LogP contribution in [0.4, 0.5) is 0 Å². The van der Waals surface area contributed by atoms with Crippen LogP contribution in [0, 0.1) is 5.92 Å². The summed E-state index contributed by atoms with van der Waals surface area (Å²) in [5.41, 5.74) is 1.04. The van der Waals surface area contributed by atoms with Crippen LogP contribution in [0.2, 0.25) is 0 Å². The summed E-state index contributed by atoms with van der Waals surface area (Å²) >= 11 is 0. The van der Waals surface area contributed by atoms with Crippen molar-refractivity contribution in [2.75, 3.05) is 46.9 Å². The Hall–Kier alpha value is -1.22. The predicted molar refractivity (Wildman–Crippen MR) is 127 cm³/mol. The highest BCUT2D eigenvalue weighted by Gasteiger charge is 2.17. The zero-order valence-electron chi connectivity index (χ0n) is 17.8. The van der Waals surface area contributed by atoms with Gasteiger partial charge in [0.05, 0.1) is 20.8 Å². The van der Waals surface area contributed by atoms with E-state index < -0.39 is 0 Å². The Kier molecular flexibility index (Phi) is 12.3. The van der Waals surface area contributed by atoms with Gasteiger partial charge in [0.25, 0.3) is 0 Å². The lowest BCUT2D eigenvalue weighted by atomic mass is 9.93. The summed E-state index contributed by atoms with van der Waals surface area (Å²) in [6, 6.07) is 5.84. The number of rotatable bonds is 9. The Bertz CT molecular complexity index is 590. The van der Waals surface area contributed by atoms with Crippen LogP contribution in [0.15, 0.2) is 23.2 Å². The maximum Gasteiger partial charge on any atom is 0.191 e. The van der Waals surface area contributed by atoms with E-state index in [1.165, 1.54) is 38.9 Å². The highest BCUT2D eigenvalue weighted by molar-refractivity contribution is 14.0. The van der Waals surface area contributed by atoms with Gasteiger partial charge in [0.15, 0.2) is 5.96 Å². The van der Waals surface area contributed by atoms with Gasteiger partial charge in [-0.25, -0.2) is 4.99 Å². The van der Waals surface area contributed by atoms with Gasteiger partial charge in [0.2, 0.25) is 0 Å². The number of benzene rings is 1. The highest BCUT2D eigenvalue weighted by Crippen LogP contribution is 2.25. The van der Waals surface area contributed by atoms with Gasteiger partial charge < -0.3 is 25.0 Å². The number of methoxy groups -OCH3 is 2. The Balaban J connectivity index is 0.00000392. The van der Waals surface area contributed by atoms with Crippen LogP contribution >= 0.6 is 24.0 Å². The molecule has 1 saturated heterocycles. The zero-order valence-corrected chi connectivity index (χ0v) is 20.1. The molecule has 0 bridgehead atoms. The smallest absolute Gasteiger partial charge is 0.191 e. The molecule has 0 spiro atoms. The third-order valence-electron chi connectivity index (χ3n) is 5.25. The van der Waals surface area contributed by atoms with Crippen LogP contribution in [0.3, 0.4) is 0 Å². The number of ether oxygens (including phenoxy) is 2. The first-order valence-corrected chi connectivity index (χ1v) is 10.2. The van der Waals surface area contributed by atoms with Crippen molar-refractivity contribution >= 4 is 29.9 Å². The fourth-order valence-corrected chi connectivity index (χ4v) is 3.47. The molecule has 1 aromatic rings. The second kappa shape index (κ2) is 13.9. The number of nitrogens with one attached hydrogen (secondary N) is 2. The number of hydrogen-bond donors (Lipinski definition) is 2. The molecule has 1 aromatic carbocycles. The van der Waals surface area contributed by atoms with Crippen molar-refractivity contribution in [1.29, 1.82) is 0 Å². The number of hydrogen-bond acceptors (Lipinski definition) is 4. The van der Waals surface area contributed by atoms with Gasteiger partial charge >= 0.3 is 0 Å². The normalized spacial score (nSPS) is 15.6. The Morgan fingerprint density at radius 1 is 1.14 bits per heavy atom. The van der Waals surface area contributed by atoms with Crippen molar-refractivity contribution in [3.63, 3.8) is 0 Å². The van der Waals surface area contributed by atoms with Crippen molar-refractivity contribution in [3.8, 4) is 11.5 Å². The lowest BCUT2D eigenvalue weighted by molar-refractivity contribution is 0.187. The molecular formula is C21H37IN4O2. The molecule has 1 aliphatic heterocycles. The molecule has 0 radical (unpaired) electrons. The average molecular weight is 504 g/mol. The minimum absolute atomic E-state index is 0. The van der Waals surface area contributed by atoms with E-state index in [2.05, 4.69) is 29.4 Å². The van der Waals surface area contributed by atoms with Crippen molar-refractivity contribution < 1.29 is 9.47 Å². The van der Waals surface area contributed by atoms with Gasteiger partial charge in [0.1, 0.15) is 11.5 Å². The molecule has 0 amide bonds. The molecule has 28 heavy (non-hydrogen) atoms. The van der Waals surface area contributed by atoms with E-state index in [0.29, 0.717) is 6.54 Å². The largest absolute Gasteiger partial charge is 0.497 e. The molecule has 7 heteroatoms. The second-order valence-electron chi connectivity index (χ2n) is 6.97. The number of halogens is 1. The van der Waals surface area contributed by atoms with Gasteiger partial charge in [-0.15, -0.1) is 24.0 Å². The molecule has 2 N–H and O–H groups in total. The van der Waals surface area contributed by atoms with Crippen LogP contribution in [-0.4, -0.2) is 57.8 Å². The topological polar surface area (TPSA) is 58.1 Å². The average Bonchev–Trinajstić information content (AvgIpc) is 2.72. The fraction of sp³-hybridized carbons (Fsp3) is 0.667. The Morgan fingerprint density at radius 2 is 1.89 bits per heavy atom. The molecule has 1 fully saturated rings. The molecule has 1 aliphatic rings. The van der Waals surface area contributed by atoms with Crippen molar-refractivity contribution in [2.24, 2.45) is 10.9 Å². The maximum absolute atomic E-state index is 5.46. The summed E-state index contributed by atoms with van der Waals surface area (Å²) in [6.45, 7) is 10.4. The van der Waals surface area contributed by atoms with Crippen LogP contribution in [0.5, 0.6) is 11.5 Å². The summed E-state index contributed by atoms with van der Waals surface area (Å²) < 4.78 is 10.7. The van der Waals surface area contributed by atoms with Gasteiger partial charge in [-0.3, -0.25) is 0 Å². The fourth-order valence-electron chi connectivity index (χ4n) is 3.47. The number of nitrogens with zero attached hydrogens (tertiary/aromatic N) is 2. The first kappa shape index (κ1) is 24.8. The summed E-state index contributed by atoms with van der Waals surface area (Å²) in [7, 11) is 3.33. The van der Waals surface area contributed by atoms with E-state index in [0.717, 1.165) is 42.0 Å². The Labute approximate surface area is 187 Å². The summed E-state index contributed by atoms with van der Waals surface area (Å²) in [5.74, 6) is 3.28.